The summed E-state index contributed by atoms with van der Waals surface area (Å²) in [7, 11) is 0. The molecule has 0 spiro atoms. The summed E-state index contributed by atoms with van der Waals surface area (Å²) in [6.45, 7) is 0.689. The van der Waals surface area contributed by atoms with Crippen molar-refractivity contribution in [2.45, 2.75) is 19.3 Å². The molecule has 7 heteroatoms. The van der Waals surface area contributed by atoms with Gasteiger partial charge in [0.1, 0.15) is 5.69 Å². The maximum atomic E-state index is 12.8. The van der Waals surface area contributed by atoms with Crippen LogP contribution in [-0.4, -0.2) is 27.6 Å². The molecule has 0 amide bonds. The number of ether oxygens (including phenoxy) is 1. The predicted molar refractivity (Wildman–Crippen MR) is 109 cm³/mol. The molecule has 4 aromatic rings. The number of aliphatic hydroxyl groups is 1. The van der Waals surface area contributed by atoms with Crippen molar-refractivity contribution >= 4 is 33.4 Å². The molecule has 0 aliphatic heterocycles. The number of hydrogen-bond acceptors (Lipinski definition) is 6. The van der Waals surface area contributed by atoms with Crippen molar-refractivity contribution in [1.29, 1.82) is 0 Å². The number of aromatic nitrogens is 2. The van der Waals surface area contributed by atoms with E-state index in [9.17, 15) is 9.90 Å². The van der Waals surface area contributed by atoms with Crippen LogP contribution in [0.3, 0.4) is 0 Å². The quantitative estimate of drug-likeness (QED) is 0.515. The fourth-order valence-electron chi connectivity index (χ4n) is 2.90. The molecule has 4 rings (SSSR count). The van der Waals surface area contributed by atoms with Gasteiger partial charge in [0, 0.05) is 10.3 Å². The van der Waals surface area contributed by atoms with E-state index < -0.39 is 6.10 Å². The van der Waals surface area contributed by atoms with Gasteiger partial charge in [-0.05, 0) is 29.0 Å². The normalized spacial score (nSPS) is 12.5. The second-order valence-electron chi connectivity index (χ2n) is 6.11. The number of nitrogens with zero attached hydrogens (tertiary/aromatic N) is 2. The molecule has 0 fully saturated rings. The number of rotatable bonds is 7. The lowest BCUT2D eigenvalue weighted by atomic mass is 10.1. The lowest BCUT2D eigenvalue weighted by molar-refractivity contribution is 0.0190. The van der Waals surface area contributed by atoms with Crippen LogP contribution in [0.4, 0.5) is 0 Å². The Morgan fingerprint density at radius 2 is 1.81 bits per heavy atom. The van der Waals surface area contributed by atoms with Gasteiger partial charge < -0.3 is 9.84 Å². The topological polar surface area (TPSA) is 64.4 Å². The van der Waals surface area contributed by atoms with Crippen LogP contribution in [0.5, 0.6) is 0 Å². The Balaban J connectivity index is 1.58. The molecule has 1 N–H and O–H groups in total. The van der Waals surface area contributed by atoms with Crippen LogP contribution in [0.1, 0.15) is 4.88 Å². The van der Waals surface area contributed by atoms with Crippen LogP contribution < -0.4 is 5.56 Å². The van der Waals surface area contributed by atoms with E-state index in [1.807, 2.05) is 53.2 Å². The largest absolute Gasteiger partial charge is 0.389 e. The number of hydrogen-bond donors (Lipinski definition) is 1. The Morgan fingerprint density at radius 3 is 2.56 bits per heavy atom. The molecule has 0 saturated heterocycles. The molecule has 3 aromatic heterocycles. The summed E-state index contributed by atoms with van der Waals surface area (Å²) in [6, 6.07) is 15.3. The van der Waals surface area contributed by atoms with Gasteiger partial charge in [-0.2, -0.15) is 5.10 Å². The second kappa shape index (κ2) is 8.14. The molecular weight excluding hydrogens is 380 g/mol. The number of aliphatic hydroxyl groups excluding tert-OH is 1. The van der Waals surface area contributed by atoms with E-state index in [2.05, 4.69) is 5.10 Å². The number of fused-ring (bicyclic) bond motifs is 1. The maximum absolute atomic E-state index is 12.8. The zero-order chi connectivity index (χ0) is 18.6. The third-order valence-corrected chi connectivity index (χ3v) is 5.87. The van der Waals surface area contributed by atoms with Gasteiger partial charge in [-0.25, -0.2) is 4.68 Å². The van der Waals surface area contributed by atoms with E-state index in [1.165, 1.54) is 4.68 Å². The Hall–Kier alpha value is -2.32. The molecule has 0 aliphatic carbocycles. The molecule has 0 saturated carbocycles. The SMILES string of the molecule is O=c1c2ccccc2c(-c2cccs2)nn1C[C@@H](O)COCc1cccs1. The summed E-state index contributed by atoms with van der Waals surface area (Å²) in [6.07, 6.45) is -0.812. The Kier molecular flexibility index (Phi) is 5.45. The summed E-state index contributed by atoms with van der Waals surface area (Å²) < 4.78 is 6.90. The molecule has 0 unspecified atom stereocenters. The summed E-state index contributed by atoms with van der Waals surface area (Å²) in [4.78, 5) is 14.9. The summed E-state index contributed by atoms with van der Waals surface area (Å²) in [5, 5.41) is 20.3. The first-order valence-corrected chi connectivity index (χ1v) is 10.3. The van der Waals surface area contributed by atoms with Gasteiger partial charge in [-0.15, -0.1) is 22.7 Å². The minimum Gasteiger partial charge on any atom is -0.389 e. The molecule has 5 nitrogen and oxygen atoms in total. The van der Waals surface area contributed by atoms with E-state index in [1.54, 1.807) is 28.7 Å². The lowest BCUT2D eigenvalue weighted by Gasteiger charge is -2.14. The summed E-state index contributed by atoms with van der Waals surface area (Å²) in [5.41, 5.74) is 0.551. The predicted octanol–water partition coefficient (Wildman–Crippen LogP) is 3.76. The van der Waals surface area contributed by atoms with E-state index in [-0.39, 0.29) is 18.7 Å². The minimum atomic E-state index is -0.812. The molecule has 27 heavy (non-hydrogen) atoms. The molecular formula is C20H18N2O3S2. The van der Waals surface area contributed by atoms with Crippen LogP contribution in [0, 0.1) is 0 Å². The molecule has 0 radical (unpaired) electrons. The van der Waals surface area contributed by atoms with Crippen LogP contribution >= 0.6 is 22.7 Å². The van der Waals surface area contributed by atoms with Crippen molar-refractivity contribution in [2.75, 3.05) is 6.61 Å². The minimum absolute atomic E-state index is 0.0898. The van der Waals surface area contributed by atoms with Gasteiger partial charge in [-0.1, -0.05) is 30.3 Å². The fourth-order valence-corrected chi connectivity index (χ4v) is 4.26. The van der Waals surface area contributed by atoms with E-state index in [4.69, 9.17) is 4.74 Å². The first kappa shape index (κ1) is 18.1. The summed E-state index contributed by atoms with van der Waals surface area (Å²) >= 11 is 3.18. The van der Waals surface area contributed by atoms with Gasteiger partial charge in [0.05, 0.1) is 36.1 Å². The number of thiophene rings is 2. The monoisotopic (exact) mass is 398 g/mol. The third-order valence-electron chi connectivity index (χ3n) is 4.14. The Morgan fingerprint density at radius 1 is 1.04 bits per heavy atom. The molecule has 3 heterocycles. The van der Waals surface area contributed by atoms with Crippen molar-refractivity contribution in [2.24, 2.45) is 0 Å². The van der Waals surface area contributed by atoms with Crippen LogP contribution in [0.15, 0.2) is 64.1 Å². The lowest BCUT2D eigenvalue weighted by Crippen LogP contribution is -2.31. The first-order chi connectivity index (χ1) is 13.2. The average molecular weight is 399 g/mol. The zero-order valence-electron chi connectivity index (χ0n) is 14.4. The maximum Gasteiger partial charge on any atom is 0.274 e. The van der Waals surface area contributed by atoms with Crippen molar-refractivity contribution in [3.05, 3.63) is 74.5 Å². The highest BCUT2D eigenvalue weighted by Crippen LogP contribution is 2.28. The van der Waals surface area contributed by atoms with Gasteiger partial charge >= 0.3 is 0 Å². The Labute approximate surface area is 164 Å². The van der Waals surface area contributed by atoms with Crippen molar-refractivity contribution < 1.29 is 9.84 Å². The van der Waals surface area contributed by atoms with Crippen LogP contribution in [0.2, 0.25) is 0 Å². The smallest absolute Gasteiger partial charge is 0.274 e. The van der Waals surface area contributed by atoms with Gasteiger partial charge in [0.25, 0.3) is 5.56 Å². The standard InChI is InChI=1S/C20H18N2O3S2/c23-14(12-25-13-15-5-3-9-26-15)11-22-20(24)17-7-2-1-6-16(17)19(21-22)18-8-4-10-27-18/h1-10,14,23H,11-13H2/t14-/m1/s1. The van der Waals surface area contributed by atoms with E-state index >= 15 is 0 Å². The van der Waals surface area contributed by atoms with Crippen LogP contribution in [0.25, 0.3) is 21.3 Å². The van der Waals surface area contributed by atoms with Crippen molar-refractivity contribution in [1.82, 2.24) is 9.78 Å². The van der Waals surface area contributed by atoms with Crippen molar-refractivity contribution in [3.8, 4) is 10.6 Å². The molecule has 0 bridgehead atoms. The zero-order valence-corrected chi connectivity index (χ0v) is 16.1. The Bertz CT molecular complexity index is 1070. The molecule has 0 aliphatic rings. The molecule has 1 aromatic carbocycles. The summed E-state index contributed by atoms with van der Waals surface area (Å²) in [5.74, 6) is 0. The van der Waals surface area contributed by atoms with E-state index in [0.29, 0.717) is 12.0 Å². The van der Waals surface area contributed by atoms with Gasteiger partial charge in [-0.3, -0.25) is 4.79 Å². The van der Waals surface area contributed by atoms with Gasteiger partial charge in [0.15, 0.2) is 0 Å². The highest BCUT2D eigenvalue weighted by molar-refractivity contribution is 7.13. The second-order valence-corrected chi connectivity index (χ2v) is 8.09. The third kappa shape index (κ3) is 4.01. The highest BCUT2D eigenvalue weighted by Gasteiger charge is 2.15. The molecule has 1 atom stereocenters. The fraction of sp³-hybridized carbons (Fsp3) is 0.200. The van der Waals surface area contributed by atoms with E-state index in [0.717, 1.165) is 20.8 Å². The van der Waals surface area contributed by atoms with Gasteiger partial charge in [0.2, 0.25) is 0 Å². The highest BCUT2D eigenvalue weighted by atomic mass is 32.1. The average Bonchev–Trinajstić information content (AvgIpc) is 3.38. The number of benzene rings is 1. The van der Waals surface area contributed by atoms with Crippen LogP contribution in [-0.2, 0) is 17.9 Å². The molecule has 138 valence electrons. The first-order valence-electron chi connectivity index (χ1n) is 8.54. The van der Waals surface area contributed by atoms with Crippen molar-refractivity contribution in [3.63, 3.8) is 0 Å².